The number of alkyl halides is 1. The van der Waals surface area contributed by atoms with Crippen molar-refractivity contribution in [3.63, 3.8) is 0 Å². The molecule has 2 aromatic heterocycles. The number of nitrogens with one attached hydrogen (secondary N) is 1. The molecule has 0 aliphatic carbocycles. The quantitative estimate of drug-likeness (QED) is 0.869. The maximum Gasteiger partial charge on any atom is 0.253 e. The predicted octanol–water partition coefficient (Wildman–Crippen LogP) is 2.34. The van der Waals surface area contributed by atoms with Crippen LogP contribution in [0.5, 0.6) is 11.6 Å². The molecular formula is C20H23FN4O3. The highest BCUT2D eigenvalue weighted by atomic mass is 19.1. The van der Waals surface area contributed by atoms with E-state index in [9.17, 15) is 9.18 Å². The van der Waals surface area contributed by atoms with Crippen LogP contribution < -0.4 is 19.7 Å². The van der Waals surface area contributed by atoms with Gasteiger partial charge in [-0.25, -0.2) is 14.4 Å². The molecule has 4 rings (SSSR count). The summed E-state index contributed by atoms with van der Waals surface area (Å²) in [6.45, 7) is 5.10. The molecule has 2 atom stereocenters. The first-order valence-corrected chi connectivity index (χ1v) is 9.32. The van der Waals surface area contributed by atoms with Crippen molar-refractivity contribution in [2.45, 2.75) is 39.1 Å². The number of nitrogens with zero attached hydrogens (tertiary/aromatic N) is 3. The number of ether oxygens (including phenoxy) is 2. The fourth-order valence-corrected chi connectivity index (χ4v) is 3.77. The second kappa shape index (κ2) is 7.26. The molecule has 0 bridgehead atoms. The average Bonchev–Trinajstić information content (AvgIpc) is 3.07. The van der Waals surface area contributed by atoms with E-state index < -0.39 is 12.3 Å². The lowest BCUT2D eigenvalue weighted by Crippen LogP contribution is -2.47. The molecule has 1 amide bonds. The van der Waals surface area contributed by atoms with Crippen LogP contribution in [0.25, 0.3) is 0 Å². The first-order chi connectivity index (χ1) is 13.5. The van der Waals surface area contributed by atoms with Crippen molar-refractivity contribution in [2.75, 3.05) is 25.1 Å². The number of amides is 1. The van der Waals surface area contributed by atoms with Gasteiger partial charge in [-0.05, 0) is 31.0 Å². The first kappa shape index (κ1) is 18.5. The van der Waals surface area contributed by atoms with Gasteiger partial charge in [-0.2, -0.15) is 0 Å². The standard InChI is InChI=1S/C20H23FN4O3/c1-11-12(2)19(24-15-9-23-20(26)18(11)15)25-7-6-16(14(21)10-25)28-13-4-5-17(27-3)22-8-13/h4-5,8,14,16H,6-7,9-10H2,1-3H3,(H,23,26)/t14-,16-/m1/s1. The van der Waals surface area contributed by atoms with Crippen LogP contribution in [0.15, 0.2) is 18.3 Å². The number of piperidine rings is 1. The minimum absolute atomic E-state index is 0.0850. The van der Waals surface area contributed by atoms with E-state index in [2.05, 4.69) is 15.3 Å². The zero-order valence-corrected chi connectivity index (χ0v) is 16.2. The Morgan fingerprint density at radius 2 is 2.11 bits per heavy atom. The third kappa shape index (κ3) is 3.23. The normalized spacial score (nSPS) is 21.3. The van der Waals surface area contributed by atoms with Gasteiger partial charge >= 0.3 is 0 Å². The molecule has 1 saturated heterocycles. The summed E-state index contributed by atoms with van der Waals surface area (Å²) in [5, 5.41) is 2.81. The number of carbonyl (C=O) groups excluding carboxylic acids is 1. The maximum atomic E-state index is 14.9. The molecule has 4 heterocycles. The highest BCUT2D eigenvalue weighted by Crippen LogP contribution is 2.31. The fraction of sp³-hybridized carbons (Fsp3) is 0.450. The second-order valence-corrected chi connectivity index (χ2v) is 7.13. The average molecular weight is 386 g/mol. The minimum Gasteiger partial charge on any atom is -0.486 e. The summed E-state index contributed by atoms with van der Waals surface area (Å²) in [6.07, 6.45) is 0.370. The molecule has 0 radical (unpaired) electrons. The van der Waals surface area contributed by atoms with Crippen LogP contribution >= 0.6 is 0 Å². The van der Waals surface area contributed by atoms with Gasteiger partial charge in [-0.3, -0.25) is 4.79 Å². The second-order valence-electron chi connectivity index (χ2n) is 7.13. The molecule has 148 valence electrons. The highest BCUT2D eigenvalue weighted by molar-refractivity contribution is 5.99. The zero-order valence-electron chi connectivity index (χ0n) is 16.2. The SMILES string of the molecule is COc1ccc(O[C@@H]2CCN(c3nc4c(c(C)c3C)C(=O)NC4)C[C@H]2F)cn1. The number of anilines is 1. The van der Waals surface area contributed by atoms with Crippen molar-refractivity contribution in [1.82, 2.24) is 15.3 Å². The molecule has 2 aromatic rings. The van der Waals surface area contributed by atoms with Crippen molar-refractivity contribution in [3.8, 4) is 11.6 Å². The van der Waals surface area contributed by atoms with E-state index in [1.807, 2.05) is 18.7 Å². The Morgan fingerprint density at radius 1 is 1.29 bits per heavy atom. The molecule has 1 fully saturated rings. The number of carbonyl (C=O) groups is 1. The third-order valence-electron chi connectivity index (χ3n) is 5.43. The highest BCUT2D eigenvalue weighted by Gasteiger charge is 2.34. The number of halogens is 1. The molecule has 8 heteroatoms. The molecular weight excluding hydrogens is 363 g/mol. The van der Waals surface area contributed by atoms with E-state index in [1.165, 1.54) is 6.20 Å². The third-order valence-corrected chi connectivity index (χ3v) is 5.43. The lowest BCUT2D eigenvalue weighted by molar-refractivity contribution is 0.0814. The Bertz CT molecular complexity index is 903. The van der Waals surface area contributed by atoms with Crippen LogP contribution in [0.3, 0.4) is 0 Å². The molecule has 0 saturated carbocycles. The van der Waals surface area contributed by atoms with Crippen LogP contribution in [0, 0.1) is 13.8 Å². The molecule has 2 aliphatic rings. The molecule has 28 heavy (non-hydrogen) atoms. The summed E-state index contributed by atoms with van der Waals surface area (Å²) in [5.74, 6) is 1.67. The molecule has 7 nitrogen and oxygen atoms in total. The molecule has 0 aromatic carbocycles. The summed E-state index contributed by atoms with van der Waals surface area (Å²) in [4.78, 5) is 22.7. The zero-order chi connectivity index (χ0) is 19.8. The predicted molar refractivity (Wildman–Crippen MR) is 102 cm³/mol. The number of pyridine rings is 2. The van der Waals surface area contributed by atoms with Crippen molar-refractivity contribution < 1.29 is 18.7 Å². The van der Waals surface area contributed by atoms with E-state index in [0.717, 1.165) is 22.6 Å². The van der Waals surface area contributed by atoms with Crippen LogP contribution in [-0.4, -0.2) is 48.4 Å². The summed E-state index contributed by atoms with van der Waals surface area (Å²) in [6, 6.07) is 3.41. The number of hydrogen-bond acceptors (Lipinski definition) is 6. The van der Waals surface area contributed by atoms with Gasteiger partial charge in [0.05, 0.1) is 37.7 Å². The Kier molecular flexibility index (Phi) is 4.78. The smallest absolute Gasteiger partial charge is 0.253 e. The van der Waals surface area contributed by atoms with E-state index in [0.29, 0.717) is 36.7 Å². The van der Waals surface area contributed by atoms with Gasteiger partial charge in [0.15, 0.2) is 6.17 Å². The lowest BCUT2D eigenvalue weighted by Gasteiger charge is -2.36. The summed E-state index contributed by atoms with van der Waals surface area (Å²) in [5.41, 5.74) is 3.22. The Balaban J connectivity index is 1.48. The van der Waals surface area contributed by atoms with Gasteiger partial charge in [-0.1, -0.05) is 0 Å². The summed E-state index contributed by atoms with van der Waals surface area (Å²) >= 11 is 0. The topological polar surface area (TPSA) is 76.6 Å². The summed E-state index contributed by atoms with van der Waals surface area (Å²) < 4.78 is 25.7. The van der Waals surface area contributed by atoms with Crippen molar-refractivity contribution in [1.29, 1.82) is 0 Å². The van der Waals surface area contributed by atoms with Gasteiger partial charge in [0, 0.05) is 19.0 Å². The number of methoxy groups -OCH3 is 1. The van der Waals surface area contributed by atoms with E-state index >= 15 is 0 Å². The first-order valence-electron chi connectivity index (χ1n) is 9.32. The van der Waals surface area contributed by atoms with Gasteiger partial charge < -0.3 is 19.7 Å². The Morgan fingerprint density at radius 3 is 2.79 bits per heavy atom. The van der Waals surface area contributed by atoms with Crippen LogP contribution in [-0.2, 0) is 6.54 Å². The van der Waals surface area contributed by atoms with E-state index in [4.69, 9.17) is 9.47 Å². The van der Waals surface area contributed by atoms with Gasteiger partial charge in [0.1, 0.15) is 17.7 Å². The number of rotatable bonds is 4. The van der Waals surface area contributed by atoms with Crippen molar-refractivity contribution in [3.05, 3.63) is 40.7 Å². The molecule has 0 unspecified atom stereocenters. The van der Waals surface area contributed by atoms with Gasteiger partial charge in [0.25, 0.3) is 5.91 Å². The van der Waals surface area contributed by atoms with E-state index in [-0.39, 0.29) is 12.5 Å². The van der Waals surface area contributed by atoms with Gasteiger partial charge in [-0.15, -0.1) is 0 Å². The van der Waals surface area contributed by atoms with Crippen LogP contribution in [0.4, 0.5) is 10.2 Å². The van der Waals surface area contributed by atoms with Gasteiger partial charge in [0.2, 0.25) is 5.88 Å². The Labute approximate surface area is 162 Å². The number of hydrogen-bond donors (Lipinski definition) is 1. The minimum atomic E-state index is -1.16. The van der Waals surface area contributed by atoms with Crippen LogP contribution in [0.2, 0.25) is 0 Å². The van der Waals surface area contributed by atoms with Crippen molar-refractivity contribution >= 4 is 11.7 Å². The summed E-state index contributed by atoms with van der Waals surface area (Å²) in [7, 11) is 1.54. The largest absolute Gasteiger partial charge is 0.486 e. The maximum absolute atomic E-state index is 14.9. The lowest BCUT2D eigenvalue weighted by atomic mass is 10.0. The molecule has 0 spiro atoms. The molecule has 1 N–H and O–H groups in total. The number of aromatic nitrogens is 2. The molecule has 2 aliphatic heterocycles. The van der Waals surface area contributed by atoms with E-state index in [1.54, 1.807) is 19.2 Å². The van der Waals surface area contributed by atoms with Crippen molar-refractivity contribution in [2.24, 2.45) is 0 Å². The monoisotopic (exact) mass is 386 g/mol. The Hall–Kier alpha value is -2.90. The fourth-order valence-electron chi connectivity index (χ4n) is 3.77. The van der Waals surface area contributed by atoms with Crippen LogP contribution in [0.1, 0.15) is 33.6 Å². The number of fused-ring (bicyclic) bond motifs is 1.